The standard InChI is InChI=1S/C17H22N2O2/c1-3-15(20)9-4-12(2)13-5-7-14(8-6-13)17-18-10-16(21)11-19-17/h5-8,10-12,15,20-21H,3-4,9H2,1-2H3. The van der Waals surface area contributed by atoms with Gasteiger partial charge in [0, 0.05) is 5.56 Å². The molecular formula is C17H22N2O2. The first-order valence-corrected chi connectivity index (χ1v) is 7.39. The van der Waals surface area contributed by atoms with Crippen molar-refractivity contribution in [2.45, 2.75) is 45.1 Å². The third-order valence-corrected chi connectivity index (χ3v) is 3.78. The molecule has 4 nitrogen and oxygen atoms in total. The normalized spacial score (nSPS) is 13.9. The molecule has 0 aliphatic carbocycles. The van der Waals surface area contributed by atoms with E-state index < -0.39 is 0 Å². The quantitative estimate of drug-likeness (QED) is 0.853. The molecule has 1 aromatic heterocycles. The summed E-state index contributed by atoms with van der Waals surface area (Å²) in [6, 6.07) is 8.14. The van der Waals surface area contributed by atoms with E-state index in [1.807, 2.05) is 19.1 Å². The molecule has 1 heterocycles. The number of aliphatic hydroxyl groups excluding tert-OH is 1. The Hall–Kier alpha value is -1.94. The number of aromatic hydroxyl groups is 1. The van der Waals surface area contributed by atoms with Crippen LogP contribution >= 0.6 is 0 Å². The number of hydrogen-bond acceptors (Lipinski definition) is 4. The number of aromatic nitrogens is 2. The van der Waals surface area contributed by atoms with Gasteiger partial charge in [-0.3, -0.25) is 0 Å². The monoisotopic (exact) mass is 286 g/mol. The fourth-order valence-corrected chi connectivity index (χ4v) is 2.24. The van der Waals surface area contributed by atoms with E-state index in [1.54, 1.807) is 0 Å². The molecule has 2 aromatic rings. The molecule has 2 unspecified atom stereocenters. The van der Waals surface area contributed by atoms with E-state index >= 15 is 0 Å². The molecule has 0 amide bonds. The summed E-state index contributed by atoms with van der Waals surface area (Å²) in [5.41, 5.74) is 2.18. The molecule has 0 saturated carbocycles. The zero-order chi connectivity index (χ0) is 15.2. The lowest BCUT2D eigenvalue weighted by Gasteiger charge is -2.14. The van der Waals surface area contributed by atoms with Gasteiger partial charge < -0.3 is 10.2 Å². The highest BCUT2D eigenvalue weighted by molar-refractivity contribution is 5.55. The highest BCUT2D eigenvalue weighted by atomic mass is 16.3. The molecular weight excluding hydrogens is 264 g/mol. The van der Waals surface area contributed by atoms with Crippen molar-refractivity contribution in [1.82, 2.24) is 9.97 Å². The van der Waals surface area contributed by atoms with Crippen LogP contribution in [-0.2, 0) is 0 Å². The third-order valence-electron chi connectivity index (χ3n) is 3.78. The first-order valence-electron chi connectivity index (χ1n) is 7.39. The van der Waals surface area contributed by atoms with Gasteiger partial charge in [0.2, 0.25) is 0 Å². The summed E-state index contributed by atoms with van der Waals surface area (Å²) in [5.74, 6) is 1.09. The van der Waals surface area contributed by atoms with E-state index in [0.717, 1.165) is 24.8 Å². The molecule has 4 heteroatoms. The zero-order valence-corrected chi connectivity index (χ0v) is 12.5. The van der Waals surface area contributed by atoms with E-state index in [0.29, 0.717) is 11.7 Å². The lowest BCUT2D eigenvalue weighted by Crippen LogP contribution is -2.06. The Balaban J connectivity index is 2.03. The Morgan fingerprint density at radius 1 is 1.05 bits per heavy atom. The van der Waals surface area contributed by atoms with E-state index in [1.165, 1.54) is 18.0 Å². The van der Waals surface area contributed by atoms with Gasteiger partial charge in [-0.15, -0.1) is 0 Å². The summed E-state index contributed by atoms with van der Waals surface area (Å²) in [6.07, 6.45) is 5.21. The van der Waals surface area contributed by atoms with Crippen LogP contribution in [0.3, 0.4) is 0 Å². The van der Waals surface area contributed by atoms with Gasteiger partial charge in [-0.05, 0) is 30.7 Å². The first kappa shape index (κ1) is 15.4. The molecule has 2 N–H and O–H groups in total. The summed E-state index contributed by atoms with van der Waals surface area (Å²) in [6.45, 7) is 4.18. The van der Waals surface area contributed by atoms with E-state index in [9.17, 15) is 10.2 Å². The van der Waals surface area contributed by atoms with Crippen LogP contribution in [0, 0.1) is 0 Å². The van der Waals surface area contributed by atoms with Crippen molar-refractivity contribution in [2.75, 3.05) is 0 Å². The van der Waals surface area contributed by atoms with Gasteiger partial charge >= 0.3 is 0 Å². The topological polar surface area (TPSA) is 66.2 Å². The van der Waals surface area contributed by atoms with Crippen molar-refractivity contribution >= 4 is 0 Å². The zero-order valence-electron chi connectivity index (χ0n) is 12.5. The Bertz CT molecular complexity index is 552. The van der Waals surface area contributed by atoms with Gasteiger partial charge in [-0.25, -0.2) is 9.97 Å². The lowest BCUT2D eigenvalue weighted by molar-refractivity contribution is 0.155. The molecule has 0 aliphatic rings. The maximum atomic E-state index is 9.63. The van der Waals surface area contributed by atoms with Crippen molar-refractivity contribution in [3.05, 3.63) is 42.2 Å². The minimum atomic E-state index is -0.197. The largest absolute Gasteiger partial charge is 0.505 e. The van der Waals surface area contributed by atoms with Gasteiger partial charge in [-0.2, -0.15) is 0 Å². The summed E-state index contributed by atoms with van der Waals surface area (Å²) in [5, 5.41) is 18.8. The Kier molecular flexibility index (Phi) is 5.28. The Morgan fingerprint density at radius 3 is 2.24 bits per heavy atom. The van der Waals surface area contributed by atoms with Crippen molar-refractivity contribution in [3.8, 4) is 17.1 Å². The van der Waals surface area contributed by atoms with Crippen LogP contribution in [0.15, 0.2) is 36.7 Å². The predicted octanol–water partition coefficient (Wildman–Crippen LogP) is 3.50. The summed E-state index contributed by atoms with van der Waals surface area (Å²) in [4.78, 5) is 8.20. The van der Waals surface area contributed by atoms with Crippen LogP contribution in [-0.4, -0.2) is 26.3 Å². The smallest absolute Gasteiger partial charge is 0.159 e. The minimum Gasteiger partial charge on any atom is -0.505 e. The Morgan fingerprint density at radius 2 is 1.67 bits per heavy atom. The van der Waals surface area contributed by atoms with Crippen molar-refractivity contribution in [2.24, 2.45) is 0 Å². The summed E-state index contributed by atoms with van der Waals surface area (Å²) in [7, 11) is 0. The molecule has 0 spiro atoms. The number of rotatable bonds is 6. The van der Waals surface area contributed by atoms with Crippen LogP contribution in [0.5, 0.6) is 5.75 Å². The maximum Gasteiger partial charge on any atom is 0.159 e. The highest BCUT2D eigenvalue weighted by Gasteiger charge is 2.09. The second-order valence-electron chi connectivity index (χ2n) is 5.43. The average molecular weight is 286 g/mol. The van der Waals surface area contributed by atoms with E-state index in [2.05, 4.69) is 29.0 Å². The molecule has 0 fully saturated rings. The van der Waals surface area contributed by atoms with E-state index in [-0.39, 0.29) is 11.9 Å². The molecule has 2 atom stereocenters. The molecule has 0 saturated heterocycles. The Labute approximate surface area is 125 Å². The second-order valence-corrected chi connectivity index (χ2v) is 5.43. The van der Waals surface area contributed by atoms with Crippen LogP contribution in [0.1, 0.15) is 44.6 Å². The fourth-order valence-electron chi connectivity index (χ4n) is 2.24. The summed E-state index contributed by atoms with van der Waals surface area (Å²) < 4.78 is 0. The van der Waals surface area contributed by atoms with Crippen LogP contribution < -0.4 is 0 Å². The molecule has 0 radical (unpaired) electrons. The van der Waals surface area contributed by atoms with Gasteiger partial charge in [0.1, 0.15) is 0 Å². The summed E-state index contributed by atoms with van der Waals surface area (Å²) >= 11 is 0. The number of benzene rings is 1. The molecule has 1 aromatic carbocycles. The first-order chi connectivity index (χ1) is 10.1. The molecule has 21 heavy (non-hydrogen) atoms. The molecule has 0 aliphatic heterocycles. The molecule has 112 valence electrons. The van der Waals surface area contributed by atoms with Crippen LogP contribution in [0.25, 0.3) is 11.4 Å². The lowest BCUT2D eigenvalue weighted by atomic mass is 9.93. The van der Waals surface area contributed by atoms with Crippen molar-refractivity contribution < 1.29 is 10.2 Å². The van der Waals surface area contributed by atoms with Crippen LogP contribution in [0.4, 0.5) is 0 Å². The number of hydrogen-bond donors (Lipinski definition) is 2. The highest BCUT2D eigenvalue weighted by Crippen LogP contribution is 2.24. The average Bonchev–Trinajstić information content (AvgIpc) is 2.53. The van der Waals surface area contributed by atoms with Gasteiger partial charge in [0.25, 0.3) is 0 Å². The maximum absolute atomic E-state index is 9.63. The minimum absolute atomic E-state index is 0.0680. The van der Waals surface area contributed by atoms with Crippen molar-refractivity contribution in [3.63, 3.8) is 0 Å². The second kappa shape index (κ2) is 7.18. The third kappa shape index (κ3) is 4.26. The van der Waals surface area contributed by atoms with E-state index in [4.69, 9.17) is 0 Å². The number of aliphatic hydroxyl groups is 1. The van der Waals surface area contributed by atoms with Crippen molar-refractivity contribution in [1.29, 1.82) is 0 Å². The van der Waals surface area contributed by atoms with Crippen LogP contribution in [0.2, 0.25) is 0 Å². The van der Waals surface area contributed by atoms with Gasteiger partial charge in [0.05, 0.1) is 18.5 Å². The van der Waals surface area contributed by atoms with Gasteiger partial charge in [-0.1, -0.05) is 38.1 Å². The number of nitrogens with zero attached hydrogens (tertiary/aromatic N) is 2. The van der Waals surface area contributed by atoms with Gasteiger partial charge in [0.15, 0.2) is 11.6 Å². The molecule has 2 rings (SSSR count). The SMILES string of the molecule is CCC(O)CCC(C)c1ccc(-c2ncc(O)cn2)cc1. The predicted molar refractivity (Wildman–Crippen MR) is 83.1 cm³/mol. The molecule has 0 bridgehead atoms. The fraction of sp³-hybridized carbons (Fsp3) is 0.412.